The summed E-state index contributed by atoms with van der Waals surface area (Å²) < 4.78 is 1.88. The number of nitrogens with one attached hydrogen (secondary N) is 1. The van der Waals surface area contributed by atoms with Crippen molar-refractivity contribution in [1.29, 1.82) is 0 Å². The van der Waals surface area contributed by atoms with E-state index in [0.717, 1.165) is 28.2 Å². The van der Waals surface area contributed by atoms with E-state index in [4.69, 9.17) is 0 Å². The Hall–Kier alpha value is -3.25. The zero-order valence-electron chi connectivity index (χ0n) is 16.0. The van der Waals surface area contributed by atoms with Gasteiger partial charge in [-0.25, -0.2) is 4.98 Å². The molecule has 0 unspecified atom stereocenters. The quantitative estimate of drug-likeness (QED) is 0.487. The number of amides is 1. The molecule has 0 saturated carbocycles. The SMILES string of the molecule is O=C(Cc1csc(Cc2ccccc2)n1)NCc1ccccc1Cn1cccn1. The van der Waals surface area contributed by atoms with E-state index < -0.39 is 0 Å². The number of hydrogen-bond donors (Lipinski definition) is 1. The largest absolute Gasteiger partial charge is 0.352 e. The standard InChI is InChI=1S/C23H22N4OS/c28-22(14-21-17-29-23(26-21)13-18-7-2-1-3-8-18)24-15-19-9-4-5-10-20(19)16-27-12-6-11-25-27/h1-12,17H,13-16H2,(H,24,28). The molecule has 0 spiro atoms. The summed E-state index contributed by atoms with van der Waals surface area (Å²) in [5.41, 5.74) is 4.30. The van der Waals surface area contributed by atoms with Crippen molar-refractivity contribution in [3.8, 4) is 0 Å². The number of aromatic nitrogens is 3. The first kappa shape index (κ1) is 19.1. The molecule has 2 heterocycles. The monoisotopic (exact) mass is 402 g/mol. The van der Waals surface area contributed by atoms with Crippen molar-refractivity contribution in [1.82, 2.24) is 20.1 Å². The predicted molar refractivity (Wildman–Crippen MR) is 115 cm³/mol. The maximum Gasteiger partial charge on any atom is 0.226 e. The molecule has 2 aromatic carbocycles. The third-order valence-electron chi connectivity index (χ3n) is 4.63. The fourth-order valence-corrected chi connectivity index (χ4v) is 3.98. The summed E-state index contributed by atoms with van der Waals surface area (Å²) in [6, 6.07) is 20.3. The normalized spacial score (nSPS) is 10.8. The molecule has 0 saturated heterocycles. The average molecular weight is 403 g/mol. The molecule has 146 valence electrons. The Bertz CT molecular complexity index is 1060. The molecule has 0 aliphatic heterocycles. The third kappa shape index (κ3) is 5.39. The molecule has 0 atom stereocenters. The lowest BCUT2D eigenvalue weighted by atomic mass is 10.1. The van der Waals surface area contributed by atoms with Gasteiger partial charge in [-0.05, 0) is 22.8 Å². The first-order valence-electron chi connectivity index (χ1n) is 9.54. The maximum atomic E-state index is 12.4. The molecule has 0 aliphatic rings. The van der Waals surface area contributed by atoms with Crippen LogP contribution in [0.3, 0.4) is 0 Å². The highest BCUT2D eigenvalue weighted by molar-refractivity contribution is 7.09. The first-order valence-corrected chi connectivity index (χ1v) is 10.4. The number of thiazole rings is 1. The number of nitrogens with zero attached hydrogens (tertiary/aromatic N) is 3. The van der Waals surface area contributed by atoms with Crippen molar-refractivity contribution in [3.05, 3.63) is 106 Å². The van der Waals surface area contributed by atoms with Gasteiger partial charge in [0, 0.05) is 30.7 Å². The Labute approximate surface area is 174 Å². The molecule has 1 amide bonds. The second-order valence-corrected chi connectivity index (χ2v) is 7.76. The molecule has 0 radical (unpaired) electrons. The van der Waals surface area contributed by atoms with E-state index in [9.17, 15) is 4.79 Å². The molecule has 6 heteroatoms. The van der Waals surface area contributed by atoms with Crippen LogP contribution in [-0.2, 0) is 30.7 Å². The van der Waals surface area contributed by atoms with Crippen LogP contribution in [0.1, 0.15) is 27.4 Å². The Balaban J connectivity index is 1.32. The van der Waals surface area contributed by atoms with Crippen molar-refractivity contribution < 1.29 is 4.79 Å². The van der Waals surface area contributed by atoms with Crippen molar-refractivity contribution in [2.45, 2.75) is 25.9 Å². The third-order valence-corrected chi connectivity index (χ3v) is 5.52. The summed E-state index contributed by atoms with van der Waals surface area (Å²) in [6.07, 6.45) is 4.80. The molecule has 0 bridgehead atoms. The van der Waals surface area contributed by atoms with E-state index in [2.05, 4.69) is 33.6 Å². The predicted octanol–water partition coefficient (Wildman–Crippen LogP) is 3.84. The van der Waals surface area contributed by atoms with Crippen LogP contribution in [0.5, 0.6) is 0 Å². The van der Waals surface area contributed by atoms with Gasteiger partial charge in [0.15, 0.2) is 0 Å². The Morgan fingerprint density at radius 2 is 1.79 bits per heavy atom. The first-order chi connectivity index (χ1) is 14.3. The van der Waals surface area contributed by atoms with E-state index in [0.29, 0.717) is 19.5 Å². The summed E-state index contributed by atoms with van der Waals surface area (Å²) >= 11 is 1.60. The molecule has 29 heavy (non-hydrogen) atoms. The highest BCUT2D eigenvalue weighted by atomic mass is 32.1. The van der Waals surface area contributed by atoms with Gasteiger partial charge in [0.2, 0.25) is 5.91 Å². The smallest absolute Gasteiger partial charge is 0.226 e. The lowest BCUT2D eigenvalue weighted by molar-refractivity contribution is -0.120. The average Bonchev–Trinajstić information content (AvgIpc) is 3.40. The molecule has 4 rings (SSSR count). The lowest BCUT2D eigenvalue weighted by Gasteiger charge is -2.10. The zero-order chi connectivity index (χ0) is 19.9. The fraction of sp³-hybridized carbons (Fsp3) is 0.174. The Morgan fingerprint density at radius 3 is 2.59 bits per heavy atom. The van der Waals surface area contributed by atoms with Gasteiger partial charge in [-0.1, -0.05) is 54.6 Å². The van der Waals surface area contributed by atoms with Crippen molar-refractivity contribution in [2.24, 2.45) is 0 Å². The van der Waals surface area contributed by atoms with Crippen molar-refractivity contribution in [2.75, 3.05) is 0 Å². The van der Waals surface area contributed by atoms with E-state index in [1.165, 1.54) is 5.56 Å². The van der Waals surface area contributed by atoms with Gasteiger partial charge < -0.3 is 5.32 Å². The summed E-state index contributed by atoms with van der Waals surface area (Å²) in [7, 11) is 0. The number of benzene rings is 2. The topological polar surface area (TPSA) is 59.8 Å². The molecular formula is C23H22N4OS. The highest BCUT2D eigenvalue weighted by Crippen LogP contribution is 2.15. The van der Waals surface area contributed by atoms with Crippen LogP contribution in [0.2, 0.25) is 0 Å². The summed E-state index contributed by atoms with van der Waals surface area (Å²) in [4.78, 5) is 17.0. The van der Waals surface area contributed by atoms with Crippen LogP contribution in [0.4, 0.5) is 0 Å². The summed E-state index contributed by atoms with van der Waals surface area (Å²) in [5, 5.41) is 10.3. The van der Waals surface area contributed by atoms with Crippen molar-refractivity contribution in [3.63, 3.8) is 0 Å². The molecule has 2 aromatic heterocycles. The fourth-order valence-electron chi connectivity index (χ4n) is 3.16. The minimum absolute atomic E-state index is 0.0181. The number of rotatable bonds is 8. The molecule has 4 aromatic rings. The van der Waals surface area contributed by atoms with Gasteiger partial charge in [0.1, 0.15) is 0 Å². The van der Waals surface area contributed by atoms with Gasteiger partial charge in [-0.3, -0.25) is 9.48 Å². The summed E-state index contributed by atoms with van der Waals surface area (Å²) in [6.45, 7) is 1.19. The highest BCUT2D eigenvalue weighted by Gasteiger charge is 2.10. The van der Waals surface area contributed by atoms with Gasteiger partial charge in [0.25, 0.3) is 0 Å². The van der Waals surface area contributed by atoms with Crippen LogP contribution in [0.25, 0.3) is 0 Å². The second-order valence-electron chi connectivity index (χ2n) is 6.82. The number of hydrogen-bond acceptors (Lipinski definition) is 4. The van der Waals surface area contributed by atoms with E-state index in [1.54, 1.807) is 17.5 Å². The van der Waals surface area contributed by atoms with Crippen molar-refractivity contribution >= 4 is 17.2 Å². The second kappa shape index (κ2) is 9.30. The van der Waals surface area contributed by atoms with E-state index in [1.807, 2.05) is 58.7 Å². The van der Waals surface area contributed by atoms with Gasteiger partial charge in [-0.15, -0.1) is 11.3 Å². The Morgan fingerprint density at radius 1 is 1.00 bits per heavy atom. The van der Waals surface area contributed by atoms with Crippen LogP contribution in [0, 0.1) is 0 Å². The Kier molecular flexibility index (Phi) is 6.12. The minimum atomic E-state index is -0.0181. The minimum Gasteiger partial charge on any atom is -0.352 e. The number of carbonyl (C=O) groups excluding carboxylic acids is 1. The molecule has 1 N–H and O–H groups in total. The zero-order valence-corrected chi connectivity index (χ0v) is 16.8. The number of carbonyl (C=O) groups is 1. The summed E-state index contributed by atoms with van der Waals surface area (Å²) in [5.74, 6) is -0.0181. The van der Waals surface area contributed by atoms with E-state index >= 15 is 0 Å². The van der Waals surface area contributed by atoms with Crippen LogP contribution in [0.15, 0.2) is 78.4 Å². The van der Waals surface area contributed by atoms with Crippen LogP contribution < -0.4 is 5.32 Å². The molecule has 0 aliphatic carbocycles. The molecular weight excluding hydrogens is 380 g/mol. The van der Waals surface area contributed by atoms with E-state index in [-0.39, 0.29) is 5.91 Å². The van der Waals surface area contributed by atoms with Crippen LogP contribution >= 0.6 is 11.3 Å². The molecule has 0 fully saturated rings. The van der Waals surface area contributed by atoms with Gasteiger partial charge >= 0.3 is 0 Å². The van der Waals surface area contributed by atoms with Crippen LogP contribution in [-0.4, -0.2) is 20.7 Å². The van der Waals surface area contributed by atoms with Gasteiger partial charge in [0.05, 0.1) is 23.7 Å². The van der Waals surface area contributed by atoms with Gasteiger partial charge in [-0.2, -0.15) is 5.10 Å². The maximum absolute atomic E-state index is 12.4. The molecule has 5 nitrogen and oxygen atoms in total. The lowest BCUT2D eigenvalue weighted by Crippen LogP contribution is -2.25.